The third kappa shape index (κ3) is 5.06. The molecule has 0 bridgehead atoms. The summed E-state index contributed by atoms with van der Waals surface area (Å²) in [6.07, 6.45) is 0. The highest BCUT2D eigenvalue weighted by Crippen LogP contribution is 2.30. The summed E-state index contributed by atoms with van der Waals surface area (Å²) in [5, 5.41) is -2.35. The lowest BCUT2D eigenvalue weighted by molar-refractivity contribution is -0.114. The van der Waals surface area contributed by atoms with Crippen molar-refractivity contribution in [3.8, 4) is 11.5 Å². The number of ether oxygens (including phenoxy) is 2. The summed E-state index contributed by atoms with van der Waals surface area (Å²) < 4.78 is 10.0. The summed E-state index contributed by atoms with van der Waals surface area (Å²) in [4.78, 5) is 32.6. The molecule has 0 N–H and O–H groups in total. The second kappa shape index (κ2) is 7.33. The van der Waals surface area contributed by atoms with Crippen molar-refractivity contribution < 1.29 is 23.9 Å². The summed E-state index contributed by atoms with van der Waals surface area (Å²) in [5.74, 6) is 0.0436. The van der Waals surface area contributed by atoms with E-state index in [2.05, 4.69) is 0 Å². The van der Waals surface area contributed by atoms with Gasteiger partial charge in [-0.3, -0.25) is 14.4 Å². The van der Waals surface area contributed by atoms with Gasteiger partial charge in [0.2, 0.25) is 0 Å². The zero-order valence-electron chi connectivity index (χ0n) is 9.32. The predicted molar refractivity (Wildman–Crippen MR) is 69.3 cm³/mol. The van der Waals surface area contributed by atoms with E-state index in [1.807, 2.05) is 0 Å². The third-order valence-corrected chi connectivity index (χ3v) is 2.27. The quantitative estimate of drug-likeness (QED) is 0.720. The summed E-state index contributed by atoms with van der Waals surface area (Å²) in [7, 11) is 0. The lowest BCUT2D eigenvalue weighted by Gasteiger charge is -2.12. The fourth-order valence-corrected chi connectivity index (χ4v) is 1.51. The molecule has 102 valence electrons. The first-order valence-corrected chi connectivity index (χ1v) is 6.00. The van der Waals surface area contributed by atoms with Crippen LogP contribution in [0.25, 0.3) is 0 Å². The summed E-state index contributed by atoms with van der Waals surface area (Å²) in [5.41, 5.74) is -0.111. The minimum Gasteiger partial charge on any atom is -0.483 e. The van der Waals surface area contributed by atoms with Crippen molar-refractivity contribution in [2.45, 2.75) is 0 Å². The van der Waals surface area contributed by atoms with Crippen molar-refractivity contribution in [3.05, 3.63) is 23.8 Å². The van der Waals surface area contributed by atoms with Gasteiger partial charge in [0, 0.05) is 0 Å². The molecule has 0 aromatic heterocycles. The number of rotatable bonds is 7. The van der Waals surface area contributed by atoms with Gasteiger partial charge in [0.15, 0.2) is 13.2 Å². The standard InChI is InChI=1S/C11H7Cl3O5/c12-8(15)4-18-6-2-1-3-7(10(6)11(14)17)19-5-9(13)16/h1-3H,4-5H2. The van der Waals surface area contributed by atoms with Crippen LogP contribution >= 0.6 is 34.8 Å². The lowest BCUT2D eigenvalue weighted by atomic mass is 10.2. The molecule has 8 heteroatoms. The number of hydrogen-bond acceptors (Lipinski definition) is 5. The summed E-state index contributed by atoms with van der Waals surface area (Å²) >= 11 is 15.7. The maximum absolute atomic E-state index is 11.3. The van der Waals surface area contributed by atoms with Gasteiger partial charge in [-0.2, -0.15) is 0 Å². The molecule has 0 aliphatic rings. The molecule has 0 spiro atoms. The van der Waals surface area contributed by atoms with E-state index in [9.17, 15) is 14.4 Å². The Bertz CT molecular complexity index is 479. The number of carbonyl (C=O) groups is 3. The van der Waals surface area contributed by atoms with Gasteiger partial charge in [0.05, 0.1) is 0 Å². The molecule has 0 fully saturated rings. The molecule has 19 heavy (non-hydrogen) atoms. The highest BCUT2D eigenvalue weighted by Gasteiger charge is 2.18. The third-order valence-electron chi connectivity index (χ3n) is 1.87. The Morgan fingerprint density at radius 3 is 1.63 bits per heavy atom. The smallest absolute Gasteiger partial charge is 0.259 e. The normalized spacial score (nSPS) is 9.84. The van der Waals surface area contributed by atoms with Gasteiger partial charge in [0.25, 0.3) is 15.7 Å². The topological polar surface area (TPSA) is 69.7 Å². The van der Waals surface area contributed by atoms with E-state index >= 15 is 0 Å². The zero-order chi connectivity index (χ0) is 14.4. The van der Waals surface area contributed by atoms with Crippen LogP contribution < -0.4 is 9.47 Å². The minimum absolute atomic E-state index is 0.0218. The Morgan fingerprint density at radius 2 is 1.32 bits per heavy atom. The monoisotopic (exact) mass is 324 g/mol. The van der Waals surface area contributed by atoms with Gasteiger partial charge in [-0.05, 0) is 46.9 Å². The minimum atomic E-state index is -0.866. The van der Waals surface area contributed by atoms with Crippen LogP contribution in [-0.2, 0) is 9.59 Å². The molecule has 0 atom stereocenters. The molecule has 0 saturated carbocycles. The first kappa shape index (κ1) is 15.8. The van der Waals surface area contributed by atoms with E-state index in [0.29, 0.717) is 0 Å². The molecule has 0 aliphatic carbocycles. The first-order valence-electron chi connectivity index (χ1n) is 4.87. The summed E-state index contributed by atoms with van der Waals surface area (Å²) in [6.45, 7) is -0.868. The summed E-state index contributed by atoms with van der Waals surface area (Å²) in [6, 6.07) is 4.31. The van der Waals surface area contributed by atoms with Crippen LogP contribution in [0.4, 0.5) is 0 Å². The second-order valence-electron chi connectivity index (χ2n) is 3.19. The van der Waals surface area contributed by atoms with Gasteiger partial charge in [-0.25, -0.2) is 0 Å². The number of hydrogen-bond donors (Lipinski definition) is 0. The average Bonchev–Trinajstić information content (AvgIpc) is 2.33. The van der Waals surface area contributed by atoms with E-state index in [1.165, 1.54) is 18.2 Å². The molecule has 0 aliphatic heterocycles. The van der Waals surface area contributed by atoms with E-state index in [-0.39, 0.29) is 17.1 Å². The first-order chi connectivity index (χ1) is 8.91. The largest absolute Gasteiger partial charge is 0.483 e. The van der Waals surface area contributed by atoms with Crippen molar-refractivity contribution >= 4 is 50.5 Å². The fourth-order valence-electron chi connectivity index (χ4n) is 1.21. The van der Waals surface area contributed by atoms with E-state index in [1.54, 1.807) is 0 Å². The fraction of sp³-hybridized carbons (Fsp3) is 0.182. The van der Waals surface area contributed by atoms with E-state index < -0.39 is 28.9 Å². The molecule has 1 aromatic carbocycles. The highest BCUT2D eigenvalue weighted by atomic mass is 35.5. The molecule has 0 saturated heterocycles. The molecule has 1 rings (SSSR count). The average molecular weight is 326 g/mol. The Kier molecular flexibility index (Phi) is 6.08. The molecular formula is C11H7Cl3O5. The van der Waals surface area contributed by atoms with Crippen molar-refractivity contribution in [2.75, 3.05) is 13.2 Å². The zero-order valence-corrected chi connectivity index (χ0v) is 11.6. The van der Waals surface area contributed by atoms with Crippen LogP contribution in [0.3, 0.4) is 0 Å². The number of halogens is 3. The van der Waals surface area contributed by atoms with Crippen molar-refractivity contribution in [3.63, 3.8) is 0 Å². The van der Waals surface area contributed by atoms with Crippen molar-refractivity contribution in [1.82, 2.24) is 0 Å². The van der Waals surface area contributed by atoms with Crippen LogP contribution in [0.1, 0.15) is 10.4 Å². The molecule has 1 aromatic rings. The van der Waals surface area contributed by atoms with Gasteiger partial charge in [0.1, 0.15) is 17.1 Å². The maximum atomic E-state index is 11.3. The van der Waals surface area contributed by atoms with Crippen molar-refractivity contribution in [1.29, 1.82) is 0 Å². The number of carbonyl (C=O) groups excluding carboxylic acids is 3. The molecule has 0 unspecified atom stereocenters. The van der Waals surface area contributed by atoms with Crippen LogP contribution in [-0.4, -0.2) is 28.9 Å². The van der Waals surface area contributed by atoms with E-state index in [4.69, 9.17) is 44.3 Å². The SMILES string of the molecule is O=C(Cl)COc1cccc(OCC(=O)Cl)c1C(=O)Cl. The Balaban J connectivity index is 3.03. The second-order valence-corrected chi connectivity index (χ2v) is 4.38. The highest BCUT2D eigenvalue weighted by molar-refractivity contribution is 6.68. The number of benzene rings is 1. The van der Waals surface area contributed by atoms with Crippen LogP contribution in [0.2, 0.25) is 0 Å². The molecule has 5 nitrogen and oxygen atoms in total. The maximum Gasteiger partial charge on any atom is 0.259 e. The molecule has 0 radical (unpaired) electrons. The Labute approximate surface area is 123 Å². The molecule has 0 amide bonds. The van der Waals surface area contributed by atoms with Gasteiger partial charge >= 0.3 is 0 Å². The Morgan fingerprint density at radius 1 is 0.895 bits per heavy atom. The van der Waals surface area contributed by atoms with E-state index in [0.717, 1.165) is 0 Å². The van der Waals surface area contributed by atoms with Crippen LogP contribution in [0, 0.1) is 0 Å². The molecule has 0 heterocycles. The van der Waals surface area contributed by atoms with Gasteiger partial charge in [-0.15, -0.1) is 0 Å². The van der Waals surface area contributed by atoms with Gasteiger partial charge < -0.3 is 9.47 Å². The van der Waals surface area contributed by atoms with Crippen molar-refractivity contribution in [2.24, 2.45) is 0 Å². The Hall–Kier alpha value is -1.30. The van der Waals surface area contributed by atoms with Crippen LogP contribution in [0.15, 0.2) is 18.2 Å². The van der Waals surface area contributed by atoms with Gasteiger partial charge in [-0.1, -0.05) is 6.07 Å². The predicted octanol–water partition coefficient (Wildman–Crippen LogP) is 2.35. The lowest BCUT2D eigenvalue weighted by Crippen LogP contribution is -2.10. The molecular weight excluding hydrogens is 318 g/mol. The van der Waals surface area contributed by atoms with Crippen LogP contribution in [0.5, 0.6) is 11.5 Å².